The summed E-state index contributed by atoms with van der Waals surface area (Å²) in [7, 11) is 1.64. The molecule has 0 saturated carbocycles. The first-order valence-corrected chi connectivity index (χ1v) is 9.68. The summed E-state index contributed by atoms with van der Waals surface area (Å²) in [5, 5.41) is 16.9. The van der Waals surface area contributed by atoms with Crippen molar-refractivity contribution in [3.8, 4) is 5.75 Å². The molecule has 8 heteroatoms. The summed E-state index contributed by atoms with van der Waals surface area (Å²) < 4.78 is 5.20. The zero-order valence-corrected chi connectivity index (χ0v) is 15.1. The molecule has 24 heavy (non-hydrogen) atoms. The molecule has 5 nitrogen and oxygen atoms in total. The van der Waals surface area contributed by atoms with E-state index in [9.17, 15) is 4.79 Å². The number of hydrogen-bond donors (Lipinski definition) is 2. The van der Waals surface area contributed by atoms with Gasteiger partial charge in [-0.3, -0.25) is 0 Å². The van der Waals surface area contributed by atoms with Crippen molar-refractivity contribution in [1.82, 2.24) is 4.98 Å². The summed E-state index contributed by atoms with van der Waals surface area (Å²) in [6.07, 6.45) is 0. The van der Waals surface area contributed by atoms with Crippen molar-refractivity contribution < 1.29 is 14.6 Å². The highest BCUT2D eigenvalue weighted by Crippen LogP contribution is 2.30. The average Bonchev–Trinajstić information content (AvgIpc) is 3.22. The van der Waals surface area contributed by atoms with Gasteiger partial charge in [-0.05, 0) is 18.2 Å². The van der Waals surface area contributed by atoms with E-state index in [1.54, 1.807) is 24.9 Å². The third-order valence-corrected chi connectivity index (χ3v) is 5.93. The number of thiazole rings is 1. The van der Waals surface area contributed by atoms with Gasteiger partial charge in [0.15, 0.2) is 5.13 Å². The maximum absolute atomic E-state index is 10.9. The molecule has 0 aliphatic carbocycles. The van der Waals surface area contributed by atoms with Crippen molar-refractivity contribution in [1.29, 1.82) is 0 Å². The van der Waals surface area contributed by atoms with Crippen LogP contribution in [0.1, 0.15) is 15.4 Å². The molecule has 0 spiro atoms. The smallest absolute Gasteiger partial charge is 0.345 e. The second-order valence-corrected chi connectivity index (χ2v) is 7.56. The zero-order valence-electron chi connectivity index (χ0n) is 12.7. The van der Waals surface area contributed by atoms with Crippen LogP contribution in [0.2, 0.25) is 0 Å². The van der Waals surface area contributed by atoms with E-state index in [-0.39, 0.29) is 0 Å². The summed E-state index contributed by atoms with van der Waals surface area (Å²) in [4.78, 5) is 16.7. The first-order valence-electron chi connectivity index (χ1n) is 6.94. The molecule has 2 N–H and O–H groups in total. The van der Waals surface area contributed by atoms with Crippen LogP contribution < -0.4 is 10.1 Å². The fourth-order valence-electron chi connectivity index (χ4n) is 1.92. The Morgan fingerprint density at radius 1 is 1.33 bits per heavy atom. The van der Waals surface area contributed by atoms with Gasteiger partial charge in [-0.25, -0.2) is 9.78 Å². The predicted molar refractivity (Wildman–Crippen MR) is 99.2 cm³/mol. The monoisotopic (exact) mass is 378 g/mol. The lowest BCUT2D eigenvalue weighted by Crippen LogP contribution is -1.91. The molecule has 0 aliphatic rings. The number of thiophene rings is 1. The molecule has 0 aliphatic heterocycles. The fraction of sp³-hybridized carbons (Fsp3) is 0.125. The number of nitrogens with zero attached hydrogens (tertiary/aromatic N) is 1. The van der Waals surface area contributed by atoms with Crippen molar-refractivity contribution >= 4 is 51.2 Å². The van der Waals surface area contributed by atoms with Gasteiger partial charge in [-0.15, -0.1) is 34.4 Å². The summed E-state index contributed by atoms with van der Waals surface area (Å²) in [6, 6.07) is 9.37. The largest absolute Gasteiger partial charge is 0.497 e. The SMILES string of the molecule is COc1cccc(Nc2nc(CSc3csc(C(=O)O)c3)cs2)c1. The number of nitrogens with one attached hydrogen (secondary N) is 1. The molecule has 1 aromatic carbocycles. The van der Waals surface area contributed by atoms with Crippen molar-refractivity contribution in [3.05, 3.63) is 51.7 Å². The van der Waals surface area contributed by atoms with Crippen LogP contribution in [-0.2, 0) is 5.75 Å². The number of methoxy groups -OCH3 is 1. The molecular formula is C16H14N2O3S3. The van der Waals surface area contributed by atoms with Crippen molar-refractivity contribution in [2.24, 2.45) is 0 Å². The molecule has 0 unspecified atom stereocenters. The number of carbonyl (C=O) groups is 1. The van der Waals surface area contributed by atoms with Gasteiger partial charge in [0.05, 0.1) is 12.8 Å². The Kier molecular flexibility index (Phi) is 5.39. The molecule has 0 saturated heterocycles. The van der Waals surface area contributed by atoms with Crippen LogP contribution in [0.25, 0.3) is 0 Å². The van der Waals surface area contributed by atoms with Crippen molar-refractivity contribution in [2.75, 3.05) is 12.4 Å². The highest BCUT2D eigenvalue weighted by Gasteiger charge is 2.09. The van der Waals surface area contributed by atoms with Gasteiger partial charge in [0, 0.05) is 33.2 Å². The first kappa shape index (κ1) is 16.8. The van der Waals surface area contributed by atoms with Gasteiger partial charge in [0.1, 0.15) is 10.6 Å². The van der Waals surface area contributed by atoms with Gasteiger partial charge in [-0.2, -0.15) is 0 Å². The number of rotatable bonds is 7. The number of hydrogen-bond acceptors (Lipinski definition) is 7. The molecular weight excluding hydrogens is 364 g/mol. The Labute approximate surface area is 151 Å². The minimum Gasteiger partial charge on any atom is -0.497 e. The molecule has 124 valence electrons. The summed E-state index contributed by atoms with van der Waals surface area (Å²) in [5.41, 5.74) is 1.88. The van der Waals surface area contributed by atoms with Crippen molar-refractivity contribution in [2.45, 2.75) is 10.6 Å². The van der Waals surface area contributed by atoms with E-state index in [0.29, 0.717) is 10.6 Å². The lowest BCUT2D eigenvalue weighted by atomic mass is 10.3. The molecule has 2 heterocycles. The number of aromatic nitrogens is 1. The molecule has 3 rings (SSSR count). The van der Waals surface area contributed by atoms with Crippen LogP contribution in [0.15, 0.2) is 46.0 Å². The van der Waals surface area contributed by atoms with Crippen molar-refractivity contribution in [3.63, 3.8) is 0 Å². The van der Waals surface area contributed by atoms with Crippen LogP contribution in [0.3, 0.4) is 0 Å². The number of thioether (sulfide) groups is 1. The second-order valence-electron chi connectivity index (χ2n) is 4.74. The third kappa shape index (κ3) is 4.28. The van der Waals surface area contributed by atoms with Gasteiger partial charge < -0.3 is 15.2 Å². The second kappa shape index (κ2) is 7.69. The molecule has 3 aromatic rings. The normalized spacial score (nSPS) is 10.5. The van der Waals surface area contributed by atoms with Crippen LogP contribution in [0.5, 0.6) is 5.75 Å². The van der Waals surface area contributed by atoms with E-state index in [1.807, 2.05) is 35.0 Å². The Morgan fingerprint density at radius 2 is 2.21 bits per heavy atom. The molecule has 0 radical (unpaired) electrons. The fourth-order valence-corrected chi connectivity index (χ4v) is 4.52. The lowest BCUT2D eigenvalue weighted by molar-refractivity contribution is 0.0702. The topological polar surface area (TPSA) is 71.5 Å². The minimum atomic E-state index is -0.884. The van der Waals surface area contributed by atoms with Gasteiger partial charge >= 0.3 is 5.97 Å². The average molecular weight is 379 g/mol. The number of anilines is 2. The quantitative estimate of drug-likeness (QED) is 0.567. The van der Waals surface area contributed by atoms with E-state index in [1.165, 1.54) is 22.7 Å². The Morgan fingerprint density at radius 3 is 2.96 bits per heavy atom. The Hall–Kier alpha value is -2.03. The van der Waals surface area contributed by atoms with E-state index >= 15 is 0 Å². The standard InChI is InChI=1S/C16H14N2O3S3/c1-21-12-4-2-3-10(5-12)17-16-18-11(8-24-16)7-22-13-6-14(15(19)20)23-9-13/h2-6,8-9H,7H2,1H3,(H,17,18)(H,19,20). The van der Waals surface area contributed by atoms with Crippen LogP contribution >= 0.6 is 34.4 Å². The van der Waals surface area contributed by atoms with Gasteiger partial charge in [0.25, 0.3) is 0 Å². The van der Waals surface area contributed by atoms with E-state index in [2.05, 4.69) is 10.3 Å². The number of carboxylic acid groups (broad SMARTS) is 1. The Balaban J connectivity index is 1.59. The van der Waals surface area contributed by atoms with Crippen LogP contribution in [-0.4, -0.2) is 23.2 Å². The summed E-state index contributed by atoms with van der Waals surface area (Å²) in [5.74, 6) is 0.607. The Bertz CT molecular complexity index is 844. The lowest BCUT2D eigenvalue weighted by Gasteiger charge is -2.04. The molecule has 0 atom stereocenters. The van der Waals surface area contributed by atoms with Crippen LogP contribution in [0.4, 0.5) is 10.8 Å². The summed E-state index contributed by atoms with van der Waals surface area (Å²) in [6.45, 7) is 0. The van der Waals surface area contributed by atoms with Gasteiger partial charge in [0.2, 0.25) is 0 Å². The molecule has 0 bridgehead atoms. The first-order chi connectivity index (χ1) is 11.6. The third-order valence-electron chi connectivity index (χ3n) is 3.05. The predicted octanol–water partition coefficient (Wildman–Crippen LogP) is 4.95. The minimum absolute atomic E-state index is 0.358. The molecule has 2 aromatic heterocycles. The van der Waals surface area contributed by atoms with Gasteiger partial charge in [-0.1, -0.05) is 6.07 Å². The highest BCUT2D eigenvalue weighted by atomic mass is 32.2. The summed E-state index contributed by atoms with van der Waals surface area (Å²) >= 11 is 4.36. The van der Waals surface area contributed by atoms with E-state index < -0.39 is 5.97 Å². The van der Waals surface area contributed by atoms with Crippen LogP contribution in [0, 0.1) is 0 Å². The number of ether oxygens (including phenoxy) is 1. The highest BCUT2D eigenvalue weighted by molar-refractivity contribution is 7.98. The molecule has 0 fully saturated rings. The zero-order chi connectivity index (χ0) is 16.9. The number of aromatic carboxylic acids is 1. The van der Waals surface area contributed by atoms with E-state index in [0.717, 1.165) is 27.2 Å². The number of carboxylic acids is 1. The number of benzene rings is 1. The molecule has 0 amide bonds. The maximum atomic E-state index is 10.9. The van der Waals surface area contributed by atoms with E-state index in [4.69, 9.17) is 9.84 Å². The maximum Gasteiger partial charge on any atom is 0.345 e.